The average molecular weight is 452 g/mol. The number of carboxylic acid groups (broad SMARTS) is 1. The van der Waals surface area contributed by atoms with Gasteiger partial charge in [0.05, 0.1) is 22.3 Å². The number of halogens is 1. The van der Waals surface area contributed by atoms with Crippen LogP contribution in [0.25, 0.3) is 22.3 Å². The number of ether oxygens (including phenoxy) is 1. The minimum atomic E-state index is -0.963. The third-order valence-corrected chi connectivity index (χ3v) is 6.26. The number of carbonyl (C=O) groups is 1. The van der Waals surface area contributed by atoms with Gasteiger partial charge in [-0.3, -0.25) is 4.68 Å². The molecule has 0 saturated carbocycles. The average Bonchev–Trinajstić information content (AvgIpc) is 3.40. The van der Waals surface area contributed by atoms with Gasteiger partial charge >= 0.3 is 5.97 Å². The van der Waals surface area contributed by atoms with Gasteiger partial charge in [0.2, 0.25) is 0 Å². The topological polar surface area (TPSA) is 95.1 Å². The number of carboxylic acids is 1. The van der Waals surface area contributed by atoms with E-state index in [0.717, 1.165) is 53.7 Å². The summed E-state index contributed by atoms with van der Waals surface area (Å²) < 4.78 is 9.52. The Morgan fingerprint density at radius 2 is 2.03 bits per heavy atom. The van der Waals surface area contributed by atoms with Crippen LogP contribution in [0.15, 0.2) is 42.6 Å². The smallest absolute Gasteiger partial charge is 0.335 e. The number of benzene rings is 2. The van der Waals surface area contributed by atoms with Crippen LogP contribution in [0, 0.1) is 0 Å². The highest BCUT2D eigenvalue weighted by molar-refractivity contribution is 6.36. The zero-order valence-electron chi connectivity index (χ0n) is 17.5. The maximum absolute atomic E-state index is 11.1. The van der Waals surface area contributed by atoms with Crippen LogP contribution in [0.4, 0.5) is 0 Å². The number of aryl methyl sites for hydroxylation is 1. The lowest BCUT2D eigenvalue weighted by Gasteiger charge is -2.23. The molecule has 1 atom stereocenters. The Hall–Kier alpha value is -3.23. The lowest BCUT2D eigenvalue weighted by atomic mass is 10.1. The summed E-state index contributed by atoms with van der Waals surface area (Å²) in [4.78, 5) is 15.7. The van der Waals surface area contributed by atoms with Gasteiger partial charge in [-0.25, -0.2) is 14.5 Å². The normalized spacial score (nSPS) is 16.5. The van der Waals surface area contributed by atoms with Gasteiger partial charge in [0.1, 0.15) is 5.82 Å². The fourth-order valence-corrected chi connectivity index (χ4v) is 4.32. The van der Waals surface area contributed by atoms with E-state index >= 15 is 0 Å². The number of rotatable bonds is 5. The minimum absolute atomic E-state index is 0.0445. The molecule has 0 aliphatic carbocycles. The molecule has 1 aliphatic heterocycles. The van der Waals surface area contributed by atoms with Gasteiger partial charge in [0.25, 0.3) is 0 Å². The lowest BCUT2D eigenvalue weighted by molar-refractivity contribution is -0.0366. The highest BCUT2D eigenvalue weighted by Crippen LogP contribution is 2.32. The van der Waals surface area contributed by atoms with Crippen molar-refractivity contribution >= 4 is 28.5 Å². The molecule has 5 rings (SSSR count). The van der Waals surface area contributed by atoms with Crippen LogP contribution in [0.2, 0.25) is 5.02 Å². The maximum Gasteiger partial charge on any atom is 0.335 e. The molecule has 1 fully saturated rings. The molecule has 0 amide bonds. The fourth-order valence-electron chi connectivity index (χ4n) is 4.04. The van der Waals surface area contributed by atoms with Crippen molar-refractivity contribution in [3.63, 3.8) is 0 Å². The van der Waals surface area contributed by atoms with Crippen molar-refractivity contribution < 1.29 is 14.6 Å². The van der Waals surface area contributed by atoms with Crippen LogP contribution in [0.5, 0.6) is 0 Å². The van der Waals surface area contributed by atoms with E-state index in [1.165, 1.54) is 0 Å². The van der Waals surface area contributed by atoms with E-state index < -0.39 is 5.97 Å². The highest BCUT2D eigenvalue weighted by atomic mass is 35.5. The molecule has 0 spiro atoms. The molecule has 8 nitrogen and oxygen atoms in total. The number of hydrogen-bond acceptors (Lipinski definition) is 5. The van der Waals surface area contributed by atoms with E-state index in [4.69, 9.17) is 21.4 Å². The molecule has 4 aromatic rings. The SMILES string of the molecule is Cn1nc(-c2ccc(C(=O)O)cc2)nc1Cc1ccc2c(cnn2C2CCCCO2)c1Cl. The predicted octanol–water partition coefficient (Wildman–Crippen LogP) is 4.47. The van der Waals surface area contributed by atoms with Crippen LogP contribution in [-0.2, 0) is 18.2 Å². The maximum atomic E-state index is 11.1. The molecular weight excluding hydrogens is 430 g/mol. The molecule has 0 bridgehead atoms. The molecule has 9 heteroatoms. The van der Waals surface area contributed by atoms with Crippen molar-refractivity contribution in [1.82, 2.24) is 24.5 Å². The largest absolute Gasteiger partial charge is 0.478 e. The number of aromatic carboxylic acids is 1. The summed E-state index contributed by atoms with van der Waals surface area (Å²) in [6.07, 6.45) is 5.43. The molecule has 164 valence electrons. The zero-order valence-corrected chi connectivity index (χ0v) is 18.3. The number of nitrogens with zero attached hydrogens (tertiary/aromatic N) is 5. The molecule has 2 aromatic heterocycles. The summed E-state index contributed by atoms with van der Waals surface area (Å²) in [7, 11) is 1.84. The first kappa shape index (κ1) is 20.7. The summed E-state index contributed by atoms with van der Waals surface area (Å²) in [6, 6.07) is 10.6. The van der Waals surface area contributed by atoms with Crippen molar-refractivity contribution in [2.75, 3.05) is 6.61 Å². The van der Waals surface area contributed by atoms with Crippen molar-refractivity contribution in [2.45, 2.75) is 31.9 Å². The van der Waals surface area contributed by atoms with E-state index in [1.54, 1.807) is 35.1 Å². The zero-order chi connectivity index (χ0) is 22.2. The lowest BCUT2D eigenvalue weighted by Crippen LogP contribution is -2.18. The van der Waals surface area contributed by atoms with Gasteiger partial charge in [-0.2, -0.15) is 10.2 Å². The molecule has 1 N–H and O–H groups in total. The van der Waals surface area contributed by atoms with Crippen molar-refractivity contribution in [3.8, 4) is 11.4 Å². The molecule has 32 heavy (non-hydrogen) atoms. The van der Waals surface area contributed by atoms with E-state index in [9.17, 15) is 4.79 Å². The third-order valence-electron chi connectivity index (χ3n) is 5.82. The Bertz CT molecular complexity index is 1290. The van der Waals surface area contributed by atoms with Crippen LogP contribution in [0.1, 0.15) is 47.2 Å². The Morgan fingerprint density at radius 3 is 2.75 bits per heavy atom. The van der Waals surface area contributed by atoms with E-state index in [0.29, 0.717) is 17.3 Å². The Balaban J connectivity index is 1.42. The van der Waals surface area contributed by atoms with Crippen LogP contribution in [-0.4, -0.2) is 42.2 Å². The Labute approximate surface area is 189 Å². The second kappa shape index (κ2) is 8.37. The van der Waals surface area contributed by atoms with Gasteiger partial charge in [0, 0.05) is 31.0 Å². The van der Waals surface area contributed by atoms with E-state index in [2.05, 4.69) is 15.2 Å². The van der Waals surface area contributed by atoms with Gasteiger partial charge < -0.3 is 9.84 Å². The Kier molecular flexibility index (Phi) is 5.40. The van der Waals surface area contributed by atoms with Gasteiger partial charge in [-0.05, 0) is 43.0 Å². The molecular formula is C23H22ClN5O3. The summed E-state index contributed by atoms with van der Waals surface area (Å²) in [5.41, 5.74) is 2.88. The quantitative estimate of drug-likeness (QED) is 0.481. The summed E-state index contributed by atoms with van der Waals surface area (Å²) in [5, 5.41) is 19.7. The molecule has 3 heterocycles. The van der Waals surface area contributed by atoms with Crippen LogP contribution in [0.3, 0.4) is 0 Å². The van der Waals surface area contributed by atoms with Gasteiger partial charge in [-0.15, -0.1) is 0 Å². The molecule has 1 saturated heterocycles. The van der Waals surface area contributed by atoms with Crippen molar-refractivity contribution in [3.05, 3.63) is 64.6 Å². The Morgan fingerprint density at radius 1 is 1.22 bits per heavy atom. The van der Waals surface area contributed by atoms with Gasteiger partial charge in [0.15, 0.2) is 12.1 Å². The minimum Gasteiger partial charge on any atom is -0.478 e. The van der Waals surface area contributed by atoms with Gasteiger partial charge in [-0.1, -0.05) is 29.8 Å². The molecule has 0 radical (unpaired) electrons. The number of aromatic nitrogens is 5. The monoisotopic (exact) mass is 451 g/mol. The standard InChI is InChI=1S/C23H22ClN5O3/c1-28-19(26-22(27-28)14-5-7-15(8-6-14)23(30)31)12-16-9-10-18-17(21(16)24)13-25-29(18)20-4-2-3-11-32-20/h5-10,13,20H,2-4,11-12H2,1H3,(H,30,31). The van der Waals surface area contributed by atoms with E-state index in [1.807, 2.05) is 23.9 Å². The molecule has 1 unspecified atom stereocenters. The fraction of sp³-hybridized carbons (Fsp3) is 0.304. The van der Waals surface area contributed by atoms with Crippen molar-refractivity contribution in [1.29, 1.82) is 0 Å². The summed E-state index contributed by atoms with van der Waals surface area (Å²) >= 11 is 6.76. The first-order valence-corrected chi connectivity index (χ1v) is 10.9. The van der Waals surface area contributed by atoms with Crippen LogP contribution >= 0.6 is 11.6 Å². The predicted molar refractivity (Wildman–Crippen MR) is 120 cm³/mol. The first-order valence-electron chi connectivity index (χ1n) is 10.5. The first-order chi connectivity index (χ1) is 15.5. The summed E-state index contributed by atoms with van der Waals surface area (Å²) in [6.45, 7) is 0.755. The van der Waals surface area contributed by atoms with Crippen LogP contribution < -0.4 is 0 Å². The summed E-state index contributed by atoms with van der Waals surface area (Å²) in [5.74, 6) is 0.333. The van der Waals surface area contributed by atoms with E-state index in [-0.39, 0.29) is 11.8 Å². The second-order valence-electron chi connectivity index (χ2n) is 7.92. The molecule has 1 aliphatic rings. The second-order valence-corrected chi connectivity index (χ2v) is 8.29. The number of fused-ring (bicyclic) bond motifs is 1. The third kappa shape index (κ3) is 3.76. The van der Waals surface area contributed by atoms with Crippen molar-refractivity contribution in [2.24, 2.45) is 7.05 Å². The highest BCUT2D eigenvalue weighted by Gasteiger charge is 2.21. The number of hydrogen-bond donors (Lipinski definition) is 1. The molecule has 2 aromatic carbocycles.